The van der Waals surface area contributed by atoms with E-state index in [0.29, 0.717) is 5.66 Å². The summed E-state index contributed by atoms with van der Waals surface area (Å²) in [6.45, 7) is 0. The van der Waals surface area contributed by atoms with Gasteiger partial charge < -0.3 is 20.4 Å². The van der Waals surface area contributed by atoms with Crippen LogP contribution in [0.4, 0.5) is 0 Å². The number of nitrogens with one attached hydrogen (secondary N) is 1. The van der Waals surface area contributed by atoms with Crippen LogP contribution in [0.5, 0.6) is 0 Å². The summed E-state index contributed by atoms with van der Waals surface area (Å²) in [5, 5.41) is 29.3. The van der Waals surface area contributed by atoms with E-state index in [2.05, 4.69) is 5.09 Å². The minimum absolute atomic E-state index is 0.204. The van der Waals surface area contributed by atoms with Gasteiger partial charge in [-0.15, -0.1) is 0 Å². The molecule has 1 saturated carbocycles. The molecule has 2 unspecified atom stereocenters. The maximum absolute atomic E-state index is 11.4. The molecule has 1 fully saturated rings. The van der Waals surface area contributed by atoms with Crippen LogP contribution in [-0.2, 0) is 14.4 Å². The van der Waals surface area contributed by atoms with Crippen LogP contribution < -0.4 is 5.09 Å². The van der Waals surface area contributed by atoms with Crippen molar-refractivity contribution in [3.05, 3.63) is 0 Å². The molecule has 0 aliphatic heterocycles. The summed E-state index contributed by atoms with van der Waals surface area (Å²) in [6, 6.07) is 0. The Balaban J connectivity index is 2.48. The Hall–Kier alpha value is -1.20. The first-order valence-corrected chi connectivity index (χ1v) is 6.13. The number of carboxylic acids is 2. The van der Waals surface area contributed by atoms with E-state index in [4.69, 9.17) is 10.2 Å². The summed E-state index contributed by atoms with van der Waals surface area (Å²) in [4.78, 5) is 32.5. The van der Waals surface area contributed by atoms with Crippen LogP contribution in [0.15, 0.2) is 0 Å². The number of carbonyl (C=O) groups excluding carboxylic acids is 1. The van der Waals surface area contributed by atoms with Crippen LogP contribution >= 0.6 is 8.73 Å². The number of rotatable bonds is 7. The fourth-order valence-electron chi connectivity index (χ4n) is 1.18. The quantitative estimate of drug-likeness (QED) is 0.461. The zero-order valence-electron chi connectivity index (χ0n) is 8.97. The first kappa shape index (κ1) is 13.9. The van der Waals surface area contributed by atoms with Crippen molar-refractivity contribution in [2.75, 3.05) is 0 Å². The molecule has 0 spiro atoms. The van der Waals surface area contributed by atoms with Gasteiger partial charge in [-0.3, -0.25) is 9.59 Å². The second-order valence-corrected chi connectivity index (χ2v) is 5.41. The Morgan fingerprint density at radius 2 is 1.82 bits per heavy atom. The van der Waals surface area contributed by atoms with E-state index in [1.165, 1.54) is 0 Å². The minimum Gasteiger partial charge on any atom is -0.481 e. The van der Waals surface area contributed by atoms with Crippen LogP contribution in [-0.4, -0.2) is 44.4 Å². The molecule has 4 N–H and O–H groups in total. The van der Waals surface area contributed by atoms with E-state index in [-0.39, 0.29) is 8.73 Å². The number of hydrogen-bond donors (Lipinski definition) is 4. The highest BCUT2D eigenvalue weighted by molar-refractivity contribution is 7.37. The van der Waals surface area contributed by atoms with E-state index in [1.54, 1.807) is 0 Å². The van der Waals surface area contributed by atoms with Crippen molar-refractivity contribution < 1.29 is 29.7 Å². The van der Waals surface area contributed by atoms with Crippen molar-refractivity contribution in [3.63, 3.8) is 0 Å². The van der Waals surface area contributed by atoms with Gasteiger partial charge in [0.2, 0.25) is 5.91 Å². The van der Waals surface area contributed by atoms with Gasteiger partial charge in [-0.2, -0.15) is 0 Å². The lowest BCUT2D eigenvalue weighted by Crippen LogP contribution is -2.44. The molecular weight excluding hydrogens is 249 g/mol. The molecule has 96 valence electrons. The van der Waals surface area contributed by atoms with Gasteiger partial charge in [0.05, 0.1) is 12.8 Å². The van der Waals surface area contributed by atoms with Gasteiger partial charge in [0.1, 0.15) is 0 Å². The highest BCUT2D eigenvalue weighted by Gasteiger charge is 2.40. The van der Waals surface area contributed by atoms with E-state index >= 15 is 0 Å². The van der Waals surface area contributed by atoms with Crippen LogP contribution in [0.2, 0.25) is 0 Å². The Bertz CT molecular complexity index is 342. The molecule has 0 aromatic heterocycles. The van der Waals surface area contributed by atoms with Crippen LogP contribution in [0.25, 0.3) is 0 Å². The van der Waals surface area contributed by atoms with Crippen molar-refractivity contribution in [3.8, 4) is 0 Å². The van der Waals surface area contributed by atoms with Gasteiger partial charge in [-0.05, 0) is 27.2 Å². The molecule has 1 amide bonds. The second kappa shape index (κ2) is 5.42. The number of aliphatic hydroxyl groups is 1. The Labute approximate surface area is 99.0 Å². The third-order valence-electron chi connectivity index (χ3n) is 2.29. The highest BCUT2D eigenvalue weighted by Crippen LogP contribution is 2.36. The molecule has 0 saturated heterocycles. The monoisotopic (exact) mass is 263 g/mol. The average molecular weight is 263 g/mol. The molecular formula is C9H14NO6P. The van der Waals surface area contributed by atoms with Gasteiger partial charge >= 0.3 is 11.9 Å². The maximum atomic E-state index is 11.4. The second-order valence-electron chi connectivity index (χ2n) is 4.05. The molecule has 0 aromatic rings. The van der Waals surface area contributed by atoms with E-state index in [1.807, 2.05) is 0 Å². The lowest BCUT2D eigenvalue weighted by molar-refractivity contribution is -0.167. The molecule has 0 aromatic carbocycles. The fourth-order valence-corrected chi connectivity index (χ4v) is 2.09. The molecule has 0 bridgehead atoms. The molecule has 0 radical (unpaired) electrons. The lowest BCUT2D eigenvalue weighted by atomic mass is 9.95. The summed E-state index contributed by atoms with van der Waals surface area (Å²) < 4.78 is 0. The summed E-state index contributed by atoms with van der Waals surface area (Å²) in [5.41, 5.74) is -2.08. The highest BCUT2D eigenvalue weighted by atomic mass is 31.1. The maximum Gasteiger partial charge on any atom is 0.336 e. The van der Waals surface area contributed by atoms with Crippen molar-refractivity contribution in [2.24, 2.45) is 0 Å². The molecule has 2 atom stereocenters. The Morgan fingerprint density at radius 1 is 1.24 bits per heavy atom. The largest absolute Gasteiger partial charge is 0.481 e. The standard InChI is InChI=1S/C9H14NO6P/c11-6(10-17-5-1-2-5)3-9(16,8(14)15)4-7(12)13/h5,16-17H,1-4H2,(H,10,11)(H,12,13)(H,14,15). The number of hydrogen-bond acceptors (Lipinski definition) is 4. The topological polar surface area (TPSA) is 124 Å². The predicted octanol–water partition coefficient (Wildman–Crippen LogP) is -0.461. The Morgan fingerprint density at radius 3 is 2.24 bits per heavy atom. The van der Waals surface area contributed by atoms with Crippen molar-refractivity contribution in [2.45, 2.75) is 36.9 Å². The first-order chi connectivity index (χ1) is 7.83. The van der Waals surface area contributed by atoms with E-state index < -0.39 is 36.3 Å². The number of carboxylic acid groups (broad SMARTS) is 2. The summed E-state index contributed by atoms with van der Waals surface area (Å²) in [7, 11) is 0.204. The zero-order chi connectivity index (χ0) is 13.1. The lowest BCUT2D eigenvalue weighted by Gasteiger charge is -2.20. The van der Waals surface area contributed by atoms with Gasteiger partial charge in [0.15, 0.2) is 5.60 Å². The normalized spacial score (nSPS) is 18.9. The smallest absolute Gasteiger partial charge is 0.336 e. The molecule has 1 rings (SSSR count). The number of aliphatic carboxylic acids is 2. The van der Waals surface area contributed by atoms with Gasteiger partial charge in [0.25, 0.3) is 0 Å². The van der Waals surface area contributed by atoms with Crippen molar-refractivity contribution in [1.29, 1.82) is 0 Å². The molecule has 0 heterocycles. The van der Waals surface area contributed by atoms with Crippen molar-refractivity contribution in [1.82, 2.24) is 5.09 Å². The molecule has 8 heteroatoms. The third kappa shape index (κ3) is 4.66. The Kier molecular flexibility index (Phi) is 4.42. The number of carbonyl (C=O) groups is 3. The average Bonchev–Trinajstić information content (AvgIpc) is 2.96. The molecule has 1 aliphatic carbocycles. The third-order valence-corrected chi connectivity index (χ3v) is 3.70. The minimum atomic E-state index is -2.54. The zero-order valence-corrected chi connectivity index (χ0v) is 9.97. The summed E-state index contributed by atoms with van der Waals surface area (Å²) in [6.07, 6.45) is 0.338. The van der Waals surface area contributed by atoms with Crippen LogP contribution in [0, 0.1) is 0 Å². The van der Waals surface area contributed by atoms with Gasteiger partial charge in [-0.1, -0.05) is 0 Å². The van der Waals surface area contributed by atoms with Crippen LogP contribution in [0.3, 0.4) is 0 Å². The summed E-state index contributed by atoms with van der Waals surface area (Å²) >= 11 is 0. The van der Waals surface area contributed by atoms with Gasteiger partial charge in [-0.25, -0.2) is 4.79 Å². The van der Waals surface area contributed by atoms with Crippen LogP contribution in [0.1, 0.15) is 25.7 Å². The first-order valence-electron chi connectivity index (χ1n) is 5.05. The molecule has 7 nitrogen and oxygen atoms in total. The van der Waals surface area contributed by atoms with Crippen molar-refractivity contribution >= 4 is 26.6 Å². The molecule has 17 heavy (non-hydrogen) atoms. The van der Waals surface area contributed by atoms with E-state index in [9.17, 15) is 19.5 Å². The van der Waals surface area contributed by atoms with Gasteiger partial charge in [0, 0.05) is 0 Å². The fraction of sp³-hybridized carbons (Fsp3) is 0.667. The predicted molar refractivity (Wildman–Crippen MR) is 58.9 cm³/mol. The summed E-state index contributed by atoms with van der Waals surface area (Å²) in [5.74, 6) is -3.81. The SMILES string of the molecule is O=C(O)CC(O)(CC(=O)NPC1CC1)C(=O)O. The molecule has 1 aliphatic rings. The van der Waals surface area contributed by atoms with E-state index in [0.717, 1.165) is 12.8 Å². The number of amides is 1.